The van der Waals surface area contributed by atoms with Crippen LogP contribution in [0, 0.1) is 11.7 Å². The molecule has 3 atom stereocenters. The Kier molecular flexibility index (Phi) is 5.77. The monoisotopic (exact) mass is 358 g/mol. The van der Waals surface area contributed by atoms with Crippen molar-refractivity contribution in [3.63, 3.8) is 0 Å². The Bertz CT molecular complexity index is 485. The van der Waals surface area contributed by atoms with Gasteiger partial charge in [0.05, 0.1) is 11.6 Å². The molecule has 0 bridgehead atoms. The minimum Gasteiger partial charge on any atom is -0.377 e. The summed E-state index contributed by atoms with van der Waals surface area (Å²) >= 11 is 3.43. The van der Waals surface area contributed by atoms with Crippen LogP contribution in [0.25, 0.3) is 0 Å². The number of ether oxygens (including phenoxy) is 1. The first-order valence-corrected chi connectivity index (χ1v) is 8.25. The lowest BCUT2D eigenvalue weighted by Crippen LogP contribution is -2.57. The maximum Gasteiger partial charge on any atom is 0.124 e. The fourth-order valence-corrected chi connectivity index (χ4v) is 4.00. The van der Waals surface area contributed by atoms with Gasteiger partial charge in [0.15, 0.2) is 0 Å². The molecule has 0 spiro atoms. The molecule has 1 aliphatic carbocycles. The summed E-state index contributed by atoms with van der Waals surface area (Å²) < 4.78 is 19.9. The number of hydrazine groups is 1. The molecule has 0 saturated heterocycles. The minimum absolute atomic E-state index is 0.00649. The SMILES string of the molecule is COC1(C(Cc2ccc(F)cc2Br)NN)CCCC(C)C1. The van der Waals surface area contributed by atoms with E-state index in [0.717, 1.165) is 29.3 Å². The van der Waals surface area contributed by atoms with Gasteiger partial charge in [-0.05, 0) is 42.9 Å². The number of halogens is 2. The van der Waals surface area contributed by atoms with Gasteiger partial charge in [-0.3, -0.25) is 11.3 Å². The van der Waals surface area contributed by atoms with E-state index >= 15 is 0 Å². The van der Waals surface area contributed by atoms with Crippen LogP contribution in [0.3, 0.4) is 0 Å². The van der Waals surface area contributed by atoms with Crippen molar-refractivity contribution in [1.29, 1.82) is 0 Å². The number of nitrogens with one attached hydrogen (secondary N) is 1. The first-order valence-electron chi connectivity index (χ1n) is 7.46. The minimum atomic E-state index is -0.250. The van der Waals surface area contributed by atoms with Crippen LogP contribution in [0.2, 0.25) is 0 Å². The molecule has 0 aliphatic heterocycles. The third-order valence-corrected chi connectivity index (χ3v) is 5.41. The lowest BCUT2D eigenvalue weighted by atomic mass is 9.73. The highest BCUT2D eigenvalue weighted by Gasteiger charge is 2.41. The van der Waals surface area contributed by atoms with Gasteiger partial charge in [0, 0.05) is 11.6 Å². The van der Waals surface area contributed by atoms with Crippen LogP contribution in [0.5, 0.6) is 0 Å². The maximum atomic E-state index is 13.2. The van der Waals surface area contributed by atoms with Crippen molar-refractivity contribution in [1.82, 2.24) is 5.43 Å². The second kappa shape index (κ2) is 7.18. The van der Waals surface area contributed by atoms with Crippen molar-refractivity contribution < 1.29 is 9.13 Å². The Morgan fingerprint density at radius 1 is 1.57 bits per heavy atom. The zero-order chi connectivity index (χ0) is 15.5. The van der Waals surface area contributed by atoms with Gasteiger partial charge in [-0.2, -0.15) is 0 Å². The number of nitrogens with two attached hydrogens (primary N) is 1. The highest BCUT2D eigenvalue weighted by Crippen LogP contribution is 2.38. The number of benzene rings is 1. The molecule has 0 amide bonds. The Hall–Kier alpha value is -0.490. The van der Waals surface area contributed by atoms with Crippen LogP contribution in [-0.2, 0) is 11.2 Å². The average Bonchev–Trinajstić information content (AvgIpc) is 2.46. The third-order valence-electron chi connectivity index (χ3n) is 4.67. The molecule has 1 aliphatic rings. The summed E-state index contributed by atoms with van der Waals surface area (Å²) in [7, 11) is 1.77. The zero-order valence-electron chi connectivity index (χ0n) is 12.7. The summed E-state index contributed by atoms with van der Waals surface area (Å²) in [6.45, 7) is 2.26. The summed E-state index contributed by atoms with van der Waals surface area (Å²) in [6.07, 6.45) is 5.09. The van der Waals surface area contributed by atoms with E-state index in [1.807, 2.05) is 0 Å². The molecule has 3 N–H and O–H groups in total. The molecule has 5 heteroatoms. The summed E-state index contributed by atoms with van der Waals surface area (Å²) in [6, 6.07) is 4.79. The van der Waals surface area contributed by atoms with E-state index in [0.29, 0.717) is 12.3 Å². The fourth-order valence-electron chi connectivity index (χ4n) is 3.49. The predicted octanol–water partition coefficient (Wildman–Crippen LogP) is 3.56. The molecular weight excluding hydrogens is 335 g/mol. The lowest BCUT2D eigenvalue weighted by Gasteiger charge is -2.44. The fraction of sp³-hybridized carbons (Fsp3) is 0.625. The van der Waals surface area contributed by atoms with E-state index in [2.05, 4.69) is 28.3 Å². The average molecular weight is 359 g/mol. The van der Waals surface area contributed by atoms with Gasteiger partial charge >= 0.3 is 0 Å². The molecule has 3 unspecified atom stereocenters. The molecule has 1 aromatic rings. The predicted molar refractivity (Wildman–Crippen MR) is 86.3 cm³/mol. The molecule has 0 heterocycles. The van der Waals surface area contributed by atoms with Crippen LogP contribution in [0.15, 0.2) is 22.7 Å². The largest absolute Gasteiger partial charge is 0.377 e. The molecule has 3 nitrogen and oxygen atoms in total. The van der Waals surface area contributed by atoms with Gasteiger partial charge in [-0.1, -0.05) is 41.8 Å². The van der Waals surface area contributed by atoms with E-state index in [-0.39, 0.29) is 17.5 Å². The first kappa shape index (κ1) is 16.9. The van der Waals surface area contributed by atoms with Crippen molar-refractivity contribution in [2.24, 2.45) is 11.8 Å². The van der Waals surface area contributed by atoms with Gasteiger partial charge in [-0.25, -0.2) is 4.39 Å². The van der Waals surface area contributed by atoms with E-state index < -0.39 is 0 Å². The van der Waals surface area contributed by atoms with Crippen LogP contribution in [-0.4, -0.2) is 18.8 Å². The molecule has 1 fully saturated rings. The molecule has 0 radical (unpaired) electrons. The number of rotatable bonds is 5. The van der Waals surface area contributed by atoms with Crippen molar-refractivity contribution >= 4 is 15.9 Å². The Morgan fingerprint density at radius 2 is 2.33 bits per heavy atom. The van der Waals surface area contributed by atoms with Gasteiger partial charge < -0.3 is 4.74 Å². The number of methoxy groups -OCH3 is 1. The molecule has 1 aromatic carbocycles. The molecule has 1 saturated carbocycles. The highest BCUT2D eigenvalue weighted by atomic mass is 79.9. The molecule has 118 valence electrons. The molecular formula is C16H24BrFN2O. The summed E-state index contributed by atoms with van der Waals surface area (Å²) in [5, 5.41) is 0. The first-order chi connectivity index (χ1) is 10.0. The smallest absolute Gasteiger partial charge is 0.124 e. The van der Waals surface area contributed by atoms with Crippen LogP contribution < -0.4 is 11.3 Å². The zero-order valence-corrected chi connectivity index (χ0v) is 14.2. The van der Waals surface area contributed by atoms with Gasteiger partial charge in [0.25, 0.3) is 0 Å². The van der Waals surface area contributed by atoms with E-state index in [1.54, 1.807) is 13.2 Å². The molecule has 21 heavy (non-hydrogen) atoms. The topological polar surface area (TPSA) is 47.3 Å². The Morgan fingerprint density at radius 3 is 2.90 bits per heavy atom. The van der Waals surface area contributed by atoms with E-state index in [9.17, 15) is 4.39 Å². The summed E-state index contributed by atoms with van der Waals surface area (Å²) in [5.74, 6) is 6.21. The van der Waals surface area contributed by atoms with Crippen molar-refractivity contribution in [2.75, 3.05) is 7.11 Å². The van der Waals surface area contributed by atoms with Crippen molar-refractivity contribution in [2.45, 2.75) is 50.7 Å². The molecule has 2 rings (SSSR count). The van der Waals surface area contributed by atoms with Crippen LogP contribution in [0.4, 0.5) is 4.39 Å². The maximum absolute atomic E-state index is 13.2. The second-order valence-corrected chi connectivity index (χ2v) is 6.98. The standard InChI is InChI=1S/C16H24BrFN2O/c1-11-4-3-7-16(10-11,21-2)15(20-19)8-12-5-6-13(18)9-14(12)17/h5-6,9,11,15,20H,3-4,7-8,10,19H2,1-2H3. The van der Waals surface area contributed by atoms with Crippen LogP contribution >= 0.6 is 15.9 Å². The van der Waals surface area contributed by atoms with E-state index in [4.69, 9.17) is 10.6 Å². The normalized spacial score (nSPS) is 27.6. The molecule has 0 aromatic heterocycles. The number of hydrogen-bond donors (Lipinski definition) is 2. The summed E-state index contributed by atoms with van der Waals surface area (Å²) in [5.41, 5.74) is 3.72. The lowest BCUT2D eigenvalue weighted by molar-refractivity contribution is -0.0791. The Labute approximate surface area is 134 Å². The van der Waals surface area contributed by atoms with Gasteiger partial charge in [-0.15, -0.1) is 0 Å². The van der Waals surface area contributed by atoms with Gasteiger partial charge in [0.2, 0.25) is 0 Å². The summed E-state index contributed by atoms with van der Waals surface area (Å²) in [4.78, 5) is 0. The van der Waals surface area contributed by atoms with Gasteiger partial charge in [0.1, 0.15) is 5.82 Å². The van der Waals surface area contributed by atoms with Crippen LogP contribution in [0.1, 0.15) is 38.2 Å². The van der Waals surface area contributed by atoms with E-state index in [1.165, 1.54) is 18.6 Å². The second-order valence-electron chi connectivity index (χ2n) is 6.13. The van der Waals surface area contributed by atoms with Crippen molar-refractivity contribution in [3.05, 3.63) is 34.1 Å². The number of hydrogen-bond acceptors (Lipinski definition) is 3. The Balaban J connectivity index is 2.21. The van der Waals surface area contributed by atoms with Crippen molar-refractivity contribution in [3.8, 4) is 0 Å². The quantitative estimate of drug-likeness (QED) is 0.624. The highest BCUT2D eigenvalue weighted by molar-refractivity contribution is 9.10. The third kappa shape index (κ3) is 3.83.